The molecule has 0 aliphatic carbocycles. The molecule has 3 rings (SSSR count). The number of piperidine rings is 1. The molecule has 178 valence electrons. The van der Waals surface area contributed by atoms with Gasteiger partial charge in [0.25, 0.3) is 0 Å². The van der Waals surface area contributed by atoms with E-state index < -0.39 is 17.6 Å². The molecular formula is C25H27Cl2F3N2O. The quantitative estimate of drug-likeness (QED) is 0.405. The summed E-state index contributed by atoms with van der Waals surface area (Å²) in [4.78, 5) is 14.7. The lowest BCUT2D eigenvalue weighted by atomic mass is 9.99. The molecule has 0 unspecified atom stereocenters. The number of carbonyl (C=O) groups is 1. The summed E-state index contributed by atoms with van der Waals surface area (Å²) in [5.74, 6) is 0.384. The number of aryl methyl sites for hydroxylation is 1. The molecule has 2 aromatic rings. The van der Waals surface area contributed by atoms with Crippen molar-refractivity contribution in [3.63, 3.8) is 0 Å². The number of halogens is 5. The third kappa shape index (κ3) is 7.76. The third-order valence-electron chi connectivity index (χ3n) is 5.86. The Bertz CT molecular complexity index is 1000. The largest absolute Gasteiger partial charge is 0.416 e. The lowest BCUT2D eigenvalue weighted by Crippen LogP contribution is -2.33. The molecule has 2 aromatic carbocycles. The molecule has 1 saturated heterocycles. The van der Waals surface area contributed by atoms with Gasteiger partial charge in [0.15, 0.2) is 0 Å². The minimum atomic E-state index is -4.47. The summed E-state index contributed by atoms with van der Waals surface area (Å²) >= 11 is 12.3. The SMILES string of the molecule is CC1CCN(CCCc2ccc(NC(=O)C=Cc3ccc(C(F)(F)F)cc3Cl)cc2Cl)CC1. The van der Waals surface area contributed by atoms with Crippen molar-refractivity contribution in [1.29, 1.82) is 0 Å². The van der Waals surface area contributed by atoms with E-state index >= 15 is 0 Å². The first kappa shape index (κ1) is 25.6. The van der Waals surface area contributed by atoms with Crippen LogP contribution in [0.3, 0.4) is 0 Å². The molecule has 0 saturated carbocycles. The molecule has 1 amide bonds. The van der Waals surface area contributed by atoms with Gasteiger partial charge in [0.2, 0.25) is 5.91 Å². The van der Waals surface area contributed by atoms with Gasteiger partial charge in [0.1, 0.15) is 0 Å². The van der Waals surface area contributed by atoms with E-state index in [4.69, 9.17) is 23.2 Å². The molecule has 1 heterocycles. The second-order valence-corrected chi connectivity index (χ2v) is 9.30. The molecule has 1 N–H and O–H groups in total. The molecule has 1 aliphatic rings. The summed E-state index contributed by atoms with van der Waals surface area (Å²) < 4.78 is 38.2. The Morgan fingerprint density at radius 1 is 1.12 bits per heavy atom. The smallest absolute Gasteiger partial charge is 0.322 e. The highest BCUT2D eigenvalue weighted by Gasteiger charge is 2.30. The van der Waals surface area contributed by atoms with Crippen LogP contribution in [0.15, 0.2) is 42.5 Å². The fourth-order valence-corrected chi connectivity index (χ4v) is 4.31. The minimum absolute atomic E-state index is 0.0830. The molecule has 1 aliphatic heterocycles. The van der Waals surface area contributed by atoms with Crippen LogP contribution in [0.4, 0.5) is 18.9 Å². The number of likely N-dealkylation sites (tertiary alicyclic amines) is 1. The Morgan fingerprint density at radius 3 is 2.48 bits per heavy atom. The van der Waals surface area contributed by atoms with Gasteiger partial charge in [-0.1, -0.05) is 42.3 Å². The van der Waals surface area contributed by atoms with E-state index in [-0.39, 0.29) is 5.02 Å². The number of rotatable bonds is 7. The van der Waals surface area contributed by atoms with Crippen LogP contribution in [-0.2, 0) is 17.4 Å². The Balaban J connectivity index is 1.51. The van der Waals surface area contributed by atoms with Crippen molar-refractivity contribution in [3.05, 3.63) is 69.2 Å². The lowest BCUT2D eigenvalue weighted by Gasteiger charge is -2.30. The summed E-state index contributed by atoms with van der Waals surface area (Å²) in [6.45, 7) is 5.67. The normalized spacial score (nSPS) is 15.8. The Morgan fingerprint density at radius 2 is 1.85 bits per heavy atom. The lowest BCUT2D eigenvalue weighted by molar-refractivity contribution is -0.137. The number of carbonyl (C=O) groups excluding carboxylic acids is 1. The molecule has 3 nitrogen and oxygen atoms in total. The van der Waals surface area contributed by atoms with Gasteiger partial charge in [-0.2, -0.15) is 13.2 Å². The summed E-state index contributed by atoms with van der Waals surface area (Å²) in [6, 6.07) is 8.39. The summed E-state index contributed by atoms with van der Waals surface area (Å²) in [5, 5.41) is 3.22. The predicted octanol–water partition coefficient (Wildman–Crippen LogP) is 7.33. The molecule has 0 spiro atoms. The number of benzene rings is 2. The third-order valence-corrected chi connectivity index (χ3v) is 6.54. The predicted molar refractivity (Wildman–Crippen MR) is 129 cm³/mol. The molecule has 1 fully saturated rings. The summed E-state index contributed by atoms with van der Waals surface area (Å²) in [6.07, 6.45) is 2.52. The van der Waals surface area contributed by atoms with Crippen molar-refractivity contribution in [3.8, 4) is 0 Å². The van der Waals surface area contributed by atoms with E-state index in [2.05, 4.69) is 17.1 Å². The number of hydrogen-bond donors (Lipinski definition) is 1. The van der Waals surface area contributed by atoms with Gasteiger partial charge < -0.3 is 10.2 Å². The first-order chi connectivity index (χ1) is 15.6. The Kier molecular flexibility index (Phi) is 8.85. The Labute approximate surface area is 202 Å². The standard InChI is InChI=1S/C25H27Cl2F3N2O/c1-17-10-13-32(14-11-17)12-2-3-18-5-8-21(16-23(18)27)31-24(33)9-6-19-4-7-20(15-22(19)26)25(28,29)30/h4-9,15-17H,2-3,10-14H2,1H3,(H,31,33). The van der Waals surface area contributed by atoms with E-state index in [0.717, 1.165) is 56.1 Å². The maximum Gasteiger partial charge on any atom is 0.416 e. The summed E-state index contributed by atoms with van der Waals surface area (Å²) in [5.41, 5.74) is 1.06. The van der Waals surface area contributed by atoms with Crippen LogP contribution in [0.25, 0.3) is 6.08 Å². The second kappa shape index (κ2) is 11.4. The van der Waals surface area contributed by atoms with Crippen LogP contribution in [0, 0.1) is 5.92 Å². The molecule has 0 atom stereocenters. The zero-order chi connectivity index (χ0) is 24.0. The van der Waals surface area contributed by atoms with Gasteiger partial charge in [-0.05, 0) is 92.7 Å². The van der Waals surface area contributed by atoms with Crippen LogP contribution in [-0.4, -0.2) is 30.4 Å². The Hall–Kier alpha value is -2.02. The highest BCUT2D eigenvalue weighted by molar-refractivity contribution is 6.32. The fraction of sp³-hybridized carbons (Fsp3) is 0.400. The first-order valence-corrected chi connectivity index (χ1v) is 11.7. The van der Waals surface area contributed by atoms with Crippen molar-refractivity contribution >= 4 is 40.9 Å². The van der Waals surface area contributed by atoms with Crippen LogP contribution in [0.1, 0.15) is 42.9 Å². The summed E-state index contributed by atoms with van der Waals surface area (Å²) in [7, 11) is 0. The zero-order valence-corrected chi connectivity index (χ0v) is 19.9. The first-order valence-electron chi connectivity index (χ1n) is 11.0. The van der Waals surface area contributed by atoms with Crippen molar-refractivity contribution in [2.45, 2.75) is 38.8 Å². The van der Waals surface area contributed by atoms with E-state index in [1.807, 2.05) is 6.07 Å². The van der Waals surface area contributed by atoms with E-state index in [1.54, 1.807) is 12.1 Å². The van der Waals surface area contributed by atoms with Gasteiger partial charge in [0.05, 0.1) is 5.56 Å². The molecule has 0 bridgehead atoms. The zero-order valence-electron chi connectivity index (χ0n) is 18.4. The molecule has 0 aromatic heterocycles. The number of amides is 1. The maximum absolute atomic E-state index is 12.7. The van der Waals surface area contributed by atoms with Gasteiger partial charge in [-0.25, -0.2) is 0 Å². The average molecular weight is 499 g/mol. The minimum Gasteiger partial charge on any atom is -0.322 e. The van der Waals surface area contributed by atoms with Crippen LogP contribution < -0.4 is 5.32 Å². The number of hydrogen-bond acceptors (Lipinski definition) is 2. The van der Waals surface area contributed by atoms with Crippen molar-refractivity contribution in [2.75, 3.05) is 25.0 Å². The van der Waals surface area contributed by atoms with Gasteiger partial charge in [-0.3, -0.25) is 4.79 Å². The second-order valence-electron chi connectivity index (χ2n) is 8.49. The topological polar surface area (TPSA) is 32.3 Å². The average Bonchev–Trinajstić information content (AvgIpc) is 2.75. The van der Waals surface area contributed by atoms with Crippen molar-refractivity contribution in [2.24, 2.45) is 5.92 Å². The van der Waals surface area contributed by atoms with Crippen LogP contribution in [0.5, 0.6) is 0 Å². The monoisotopic (exact) mass is 498 g/mol. The van der Waals surface area contributed by atoms with Crippen molar-refractivity contribution < 1.29 is 18.0 Å². The van der Waals surface area contributed by atoms with Crippen molar-refractivity contribution in [1.82, 2.24) is 4.90 Å². The number of nitrogens with one attached hydrogen (secondary N) is 1. The molecular weight excluding hydrogens is 472 g/mol. The van der Waals surface area contributed by atoms with E-state index in [0.29, 0.717) is 16.3 Å². The molecule has 33 heavy (non-hydrogen) atoms. The highest BCUT2D eigenvalue weighted by atomic mass is 35.5. The number of anilines is 1. The number of nitrogens with zero attached hydrogens (tertiary/aromatic N) is 1. The fourth-order valence-electron chi connectivity index (χ4n) is 3.79. The maximum atomic E-state index is 12.7. The molecule has 0 radical (unpaired) electrons. The van der Waals surface area contributed by atoms with Gasteiger partial charge in [0, 0.05) is 21.8 Å². The van der Waals surface area contributed by atoms with Crippen LogP contribution in [0.2, 0.25) is 10.0 Å². The highest BCUT2D eigenvalue weighted by Crippen LogP contribution is 2.32. The number of alkyl halides is 3. The van der Waals surface area contributed by atoms with Gasteiger partial charge >= 0.3 is 6.18 Å². The van der Waals surface area contributed by atoms with Gasteiger partial charge in [-0.15, -0.1) is 0 Å². The van der Waals surface area contributed by atoms with E-state index in [9.17, 15) is 18.0 Å². The molecule has 8 heteroatoms. The van der Waals surface area contributed by atoms with Crippen LogP contribution >= 0.6 is 23.2 Å². The van der Waals surface area contributed by atoms with E-state index in [1.165, 1.54) is 31.1 Å².